The van der Waals surface area contributed by atoms with E-state index in [1.54, 1.807) is 0 Å². The van der Waals surface area contributed by atoms with Crippen LogP contribution in [0.15, 0.2) is 0 Å². The highest BCUT2D eigenvalue weighted by molar-refractivity contribution is 5.75. The van der Waals surface area contributed by atoms with Crippen LogP contribution >= 0.6 is 0 Å². The summed E-state index contributed by atoms with van der Waals surface area (Å²) in [5, 5.41) is 14.6. The monoisotopic (exact) mass is 270 g/mol. The van der Waals surface area contributed by atoms with Gasteiger partial charge in [0.1, 0.15) is 0 Å². The molecule has 4 atom stereocenters. The zero-order chi connectivity index (χ0) is 13.8. The predicted molar refractivity (Wildman–Crippen MR) is 68.8 cm³/mol. The summed E-state index contributed by atoms with van der Waals surface area (Å²) >= 11 is 0. The van der Waals surface area contributed by atoms with Gasteiger partial charge in [0, 0.05) is 25.1 Å². The van der Waals surface area contributed by atoms with Gasteiger partial charge in [-0.15, -0.1) is 0 Å². The maximum Gasteiger partial charge on any atom is 0.315 e. The summed E-state index contributed by atoms with van der Waals surface area (Å²) < 4.78 is 5.43. The summed E-state index contributed by atoms with van der Waals surface area (Å²) in [6.45, 7) is 3.39. The number of rotatable bonds is 4. The van der Waals surface area contributed by atoms with Gasteiger partial charge < -0.3 is 20.5 Å². The number of urea groups is 1. The van der Waals surface area contributed by atoms with E-state index in [2.05, 4.69) is 10.6 Å². The van der Waals surface area contributed by atoms with Gasteiger partial charge >= 0.3 is 12.0 Å². The maximum absolute atomic E-state index is 11.7. The van der Waals surface area contributed by atoms with E-state index in [0.717, 1.165) is 19.4 Å². The van der Waals surface area contributed by atoms with Gasteiger partial charge in [0.15, 0.2) is 0 Å². The molecule has 3 N–H and O–H groups in total. The van der Waals surface area contributed by atoms with Crippen molar-refractivity contribution in [3.05, 3.63) is 0 Å². The molecule has 1 heterocycles. The summed E-state index contributed by atoms with van der Waals surface area (Å²) in [5.74, 6) is -0.698. The minimum atomic E-state index is -0.762. The van der Waals surface area contributed by atoms with E-state index in [9.17, 15) is 9.59 Å². The van der Waals surface area contributed by atoms with E-state index in [0.29, 0.717) is 25.3 Å². The third kappa shape index (κ3) is 3.83. The SMILES string of the molecule is CC1OCCC1CNC(=O)NC1CCC(C(=O)O)C1. The highest BCUT2D eigenvalue weighted by Crippen LogP contribution is 2.25. The fraction of sp³-hybridized carbons (Fsp3) is 0.846. The molecule has 0 aromatic heterocycles. The fourth-order valence-corrected chi connectivity index (χ4v) is 2.84. The van der Waals surface area contributed by atoms with E-state index >= 15 is 0 Å². The van der Waals surface area contributed by atoms with Crippen LogP contribution in [0.5, 0.6) is 0 Å². The van der Waals surface area contributed by atoms with Gasteiger partial charge in [-0.3, -0.25) is 4.79 Å². The van der Waals surface area contributed by atoms with Crippen LogP contribution in [-0.4, -0.2) is 42.4 Å². The molecule has 2 aliphatic rings. The standard InChI is InChI=1S/C13H22N2O4/c1-8-10(4-5-19-8)7-14-13(18)15-11-3-2-9(6-11)12(16)17/h8-11H,2-7H2,1H3,(H,16,17)(H2,14,15,18). The van der Waals surface area contributed by atoms with Gasteiger partial charge in [-0.05, 0) is 32.6 Å². The molecule has 6 nitrogen and oxygen atoms in total. The minimum absolute atomic E-state index is 0.0154. The number of carboxylic acids is 1. The number of carbonyl (C=O) groups is 2. The van der Waals surface area contributed by atoms with Gasteiger partial charge in [0.25, 0.3) is 0 Å². The largest absolute Gasteiger partial charge is 0.481 e. The first-order valence-electron chi connectivity index (χ1n) is 6.95. The van der Waals surface area contributed by atoms with Crippen LogP contribution in [0.3, 0.4) is 0 Å². The lowest BCUT2D eigenvalue weighted by molar-refractivity contribution is -0.141. The normalized spacial score (nSPS) is 34.2. The molecule has 0 aromatic rings. The summed E-state index contributed by atoms with van der Waals surface area (Å²) in [6, 6.07) is -0.214. The van der Waals surface area contributed by atoms with Crippen LogP contribution in [0.4, 0.5) is 4.79 Å². The fourth-order valence-electron chi connectivity index (χ4n) is 2.84. The first-order chi connectivity index (χ1) is 9.06. The summed E-state index contributed by atoms with van der Waals surface area (Å²) in [5.41, 5.74) is 0. The van der Waals surface area contributed by atoms with E-state index in [-0.39, 0.29) is 24.1 Å². The Balaban J connectivity index is 1.66. The Morgan fingerprint density at radius 1 is 1.32 bits per heavy atom. The Bertz CT molecular complexity index is 348. The van der Waals surface area contributed by atoms with Crippen molar-refractivity contribution < 1.29 is 19.4 Å². The predicted octanol–water partition coefficient (Wildman–Crippen LogP) is 0.964. The third-order valence-electron chi connectivity index (χ3n) is 4.18. The lowest BCUT2D eigenvalue weighted by atomic mass is 10.0. The number of nitrogens with one attached hydrogen (secondary N) is 2. The summed E-state index contributed by atoms with van der Waals surface area (Å²) in [6.07, 6.45) is 3.10. The average Bonchev–Trinajstić information content (AvgIpc) is 2.96. The van der Waals surface area contributed by atoms with Gasteiger partial charge in [-0.2, -0.15) is 0 Å². The average molecular weight is 270 g/mol. The lowest BCUT2D eigenvalue weighted by Gasteiger charge is -2.17. The maximum atomic E-state index is 11.7. The van der Waals surface area contributed by atoms with E-state index < -0.39 is 5.97 Å². The molecular formula is C13H22N2O4. The molecule has 1 saturated heterocycles. The van der Waals surface area contributed by atoms with E-state index in [1.165, 1.54) is 0 Å². The van der Waals surface area contributed by atoms with Crippen molar-refractivity contribution in [2.75, 3.05) is 13.2 Å². The molecule has 6 heteroatoms. The zero-order valence-electron chi connectivity index (χ0n) is 11.2. The molecular weight excluding hydrogens is 248 g/mol. The Morgan fingerprint density at radius 2 is 2.11 bits per heavy atom. The van der Waals surface area contributed by atoms with Crippen LogP contribution in [0, 0.1) is 11.8 Å². The molecule has 0 spiro atoms. The van der Waals surface area contributed by atoms with Crippen LogP contribution in [0.2, 0.25) is 0 Å². The molecule has 4 unspecified atom stereocenters. The van der Waals surface area contributed by atoms with Gasteiger partial charge in [0.2, 0.25) is 0 Å². The Kier molecular flexibility index (Phi) is 4.63. The molecule has 0 aromatic carbocycles. The second-order valence-corrected chi connectivity index (χ2v) is 5.52. The van der Waals surface area contributed by atoms with Crippen molar-refractivity contribution >= 4 is 12.0 Å². The smallest absolute Gasteiger partial charge is 0.315 e. The highest BCUT2D eigenvalue weighted by atomic mass is 16.5. The second-order valence-electron chi connectivity index (χ2n) is 5.52. The van der Waals surface area contributed by atoms with E-state index in [4.69, 9.17) is 9.84 Å². The molecule has 2 amide bonds. The van der Waals surface area contributed by atoms with Crippen molar-refractivity contribution in [3.63, 3.8) is 0 Å². The van der Waals surface area contributed by atoms with Crippen molar-refractivity contribution in [1.29, 1.82) is 0 Å². The van der Waals surface area contributed by atoms with Gasteiger partial charge in [-0.1, -0.05) is 0 Å². The first-order valence-corrected chi connectivity index (χ1v) is 6.95. The quantitative estimate of drug-likeness (QED) is 0.710. The molecule has 0 radical (unpaired) electrons. The minimum Gasteiger partial charge on any atom is -0.481 e. The highest BCUT2D eigenvalue weighted by Gasteiger charge is 2.31. The number of hydrogen-bond acceptors (Lipinski definition) is 3. The van der Waals surface area contributed by atoms with Crippen molar-refractivity contribution in [2.24, 2.45) is 11.8 Å². The van der Waals surface area contributed by atoms with Crippen molar-refractivity contribution in [3.8, 4) is 0 Å². The molecule has 108 valence electrons. The number of ether oxygens (including phenoxy) is 1. The topological polar surface area (TPSA) is 87.7 Å². The van der Waals surface area contributed by atoms with Crippen LogP contribution in [0.25, 0.3) is 0 Å². The van der Waals surface area contributed by atoms with Gasteiger partial charge in [0.05, 0.1) is 12.0 Å². The zero-order valence-corrected chi connectivity index (χ0v) is 11.2. The number of aliphatic carboxylic acids is 1. The Morgan fingerprint density at radius 3 is 2.68 bits per heavy atom. The van der Waals surface area contributed by atoms with Crippen molar-refractivity contribution in [1.82, 2.24) is 10.6 Å². The lowest BCUT2D eigenvalue weighted by Crippen LogP contribution is -2.43. The van der Waals surface area contributed by atoms with E-state index in [1.807, 2.05) is 6.92 Å². The number of hydrogen-bond donors (Lipinski definition) is 3. The van der Waals surface area contributed by atoms with Crippen molar-refractivity contribution in [2.45, 2.75) is 44.8 Å². The molecule has 0 bridgehead atoms. The number of amides is 2. The summed E-state index contributed by atoms with van der Waals surface area (Å²) in [4.78, 5) is 22.6. The first kappa shape index (κ1) is 14.1. The molecule has 2 fully saturated rings. The summed E-state index contributed by atoms with van der Waals surface area (Å²) in [7, 11) is 0. The van der Waals surface area contributed by atoms with Crippen LogP contribution in [0.1, 0.15) is 32.6 Å². The van der Waals surface area contributed by atoms with Crippen LogP contribution in [-0.2, 0) is 9.53 Å². The molecule has 2 rings (SSSR count). The molecule has 1 aliphatic heterocycles. The number of carbonyl (C=O) groups excluding carboxylic acids is 1. The van der Waals surface area contributed by atoms with Crippen LogP contribution < -0.4 is 10.6 Å². The second kappa shape index (κ2) is 6.23. The Labute approximate surface area is 112 Å². The number of carboxylic acid groups (broad SMARTS) is 1. The van der Waals surface area contributed by atoms with Gasteiger partial charge in [-0.25, -0.2) is 4.79 Å². The molecule has 1 saturated carbocycles. The third-order valence-corrected chi connectivity index (χ3v) is 4.18. The Hall–Kier alpha value is -1.30. The molecule has 1 aliphatic carbocycles. The molecule has 19 heavy (non-hydrogen) atoms.